The molecule has 0 bridgehead atoms. The van der Waals surface area contributed by atoms with Gasteiger partial charge in [0.1, 0.15) is 16.9 Å². The summed E-state index contributed by atoms with van der Waals surface area (Å²) in [6.45, 7) is 1.13. The first kappa shape index (κ1) is 17.0. The molecule has 6 heteroatoms. The number of ether oxygens (including phenoxy) is 1. The van der Waals surface area contributed by atoms with Gasteiger partial charge in [-0.3, -0.25) is 4.79 Å². The van der Waals surface area contributed by atoms with Crippen LogP contribution in [-0.4, -0.2) is 24.2 Å². The number of para-hydroxylation sites is 2. The van der Waals surface area contributed by atoms with E-state index in [4.69, 9.17) is 9.15 Å². The van der Waals surface area contributed by atoms with Crippen LogP contribution in [-0.2, 0) is 10.4 Å². The fourth-order valence-electron chi connectivity index (χ4n) is 2.36. The van der Waals surface area contributed by atoms with Crippen LogP contribution in [0.4, 0.5) is 4.39 Å². The van der Waals surface area contributed by atoms with E-state index in [9.17, 15) is 14.3 Å². The highest BCUT2D eigenvalue weighted by atomic mass is 19.1. The molecule has 0 fully saturated rings. The lowest BCUT2D eigenvalue weighted by Crippen LogP contribution is -2.40. The van der Waals surface area contributed by atoms with Gasteiger partial charge < -0.3 is 19.6 Å². The van der Waals surface area contributed by atoms with Gasteiger partial charge in [0.2, 0.25) is 0 Å². The first-order valence-corrected chi connectivity index (χ1v) is 7.81. The fraction of sp³-hybridized carbons (Fsp3) is 0.211. The predicted octanol–water partition coefficient (Wildman–Crippen LogP) is 2.97. The van der Waals surface area contributed by atoms with Crippen LogP contribution in [0.15, 0.2) is 59.0 Å². The zero-order valence-corrected chi connectivity index (χ0v) is 13.7. The molecular formula is C19H18FNO4. The third-order valence-electron chi connectivity index (χ3n) is 3.78. The molecular weight excluding hydrogens is 325 g/mol. The third-order valence-corrected chi connectivity index (χ3v) is 3.78. The van der Waals surface area contributed by atoms with E-state index in [1.54, 1.807) is 25.1 Å². The average Bonchev–Trinajstić information content (AvgIpc) is 3.04. The van der Waals surface area contributed by atoms with Crippen LogP contribution in [0.3, 0.4) is 0 Å². The normalized spacial score (nSPS) is 13.4. The topological polar surface area (TPSA) is 71.7 Å². The van der Waals surface area contributed by atoms with Crippen molar-refractivity contribution in [3.63, 3.8) is 0 Å². The number of hydrogen-bond acceptors (Lipinski definition) is 4. The van der Waals surface area contributed by atoms with Crippen molar-refractivity contribution in [1.82, 2.24) is 5.32 Å². The number of halogens is 1. The number of rotatable bonds is 6. The highest BCUT2D eigenvalue weighted by Gasteiger charge is 2.28. The second kappa shape index (κ2) is 6.94. The Morgan fingerprint density at radius 2 is 1.96 bits per heavy atom. The Labute approximate surface area is 144 Å². The van der Waals surface area contributed by atoms with Gasteiger partial charge in [-0.1, -0.05) is 30.3 Å². The van der Waals surface area contributed by atoms with Crippen LogP contribution in [0.1, 0.15) is 12.7 Å². The van der Waals surface area contributed by atoms with Crippen molar-refractivity contribution in [2.75, 3.05) is 13.2 Å². The lowest BCUT2D eigenvalue weighted by molar-refractivity contribution is -0.124. The molecule has 1 atom stereocenters. The van der Waals surface area contributed by atoms with E-state index < -0.39 is 17.3 Å². The quantitative estimate of drug-likeness (QED) is 0.722. The molecule has 25 heavy (non-hydrogen) atoms. The molecule has 0 radical (unpaired) electrons. The van der Waals surface area contributed by atoms with E-state index in [1.165, 1.54) is 18.2 Å². The number of furan rings is 1. The maximum atomic E-state index is 13.4. The summed E-state index contributed by atoms with van der Waals surface area (Å²) in [5, 5.41) is 14.0. The Kier molecular flexibility index (Phi) is 4.72. The fourth-order valence-corrected chi connectivity index (χ4v) is 2.36. The number of carbonyl (C=O) groups excluding carboxylic acids is 1. The second-order valence-corrected chi connectivity index (χ2v) is 5.92. The molecule has 0 spiro atoms. The van der Waals surface area contributed by atoms with Gasteiger partial charge in [0, 0.05) is 5.39 Å². The molecule has 0 aliphatic heterocycles. The van der Waals surface area contributed by atoms with Crippen LogP contribution in [0.25, 0.3) is 11.0 Å². The number of fused-ring (bicyclic) bond motifs is 1. The first-order chi connectivity index (χ1) is 12.0. The molecule has 0 aliphatic carbocycles. The smallest absolute Gasteiger partial charge is 0.258 e. The number of nitrogens with one attached hydrogen (secondary N) is 1. The molecule has 0 unspecified atom stereocenters. The highest BCUT2D eigenvalue weighted by Crippen LogP contribution is 2.27. The Balaban J connectivity index is 1.58. The largest absolute Gasteiger partial charge is 0.481 e. The highest BCUT2D eigenvalue weighted by molar-refractivity contribution is 5.78. The summed E-state index contributed by atoms with van der Waals surface area (Å²) in [6, 6.07) is 15.0. The number of benzene rings is 2. The van der Waals surface area contributed by atoms with Crippen molar-refractivity contribution >= 4 is 16.9 Å². The summed E-state index contributed by atoms with van der Waals surface area (Å²) in [4.78, 5) is 11.9. The Morgan fingerprint density at radius 1 is 1.24 bits per heavy atom. The number of aliphatic hydroxyl groups is 1. The number of amides is 1. The summed E-state index contributed by atoms with van der Waals surface area (Å²) >= 11 is 0. The van der Waals surface area contributed by atoms with E-state index in [0.717, 1.165) is 5.39 Å². The minimum absolute atomic E-state index is 0.00157. The van der Waals surface area contributed by atoms with E-state index >= 15 is 0 Å². The van der Waals surface area contributed by atoms with Crippen LogP contribution >= 0.6 is 0 Å². The summed E-state index contributed by atoms with van der Waals surface area (Å²) in [5.41, 5.74) is -0.723. The van der Waals surface area contributed by atoms with Gasteiger partial charge in [0.05, 0.1) is 6.54 Å². The molecule has 0 aliphatic rings. The molecule has 2 aromatic carbocycles. The monoisotopic (exact) mass is 343 g/mol. The van der Waals surface area contributed by atoms with E-state index in [-0.39, 0.29) is 18.9 Å². The number of carbonyl (C=O) groups is 1. The van der Waals surface area contributed by atoms with E-state index in [0.29, 0.717) is 11.3 Å². The maximum absolute atomic E-state index is 13.4. The number of hydrogen-bond donors (Lipinski definition) is 2. The second-order valence-electron chi connectivity index (χ2n) is 5.92. The molecule has 3 rings (SSSR count). The van der Waals surface area contributed by atoms with Crippen molar-refractivity contribution in [1.29, 1.82) is 0 Å². The van der Waals surface area contributed by atoms with Gasteiger partial charge in [-0.25, -0.2) is 4.39 Å². The molecule has 1 amide bonds. The van der Waals surface area contributed by atoms with E-state index in [1.807, 2.05) is 18.2 Å². The van der Waals surface area contributed by atoms with Gasteiger partial charge in [0.15, 0.2) is 18.2 Å². The van der Waals surface area contributed by atoms with Gasteiger partial charge in [-0.15, -0.1) is 0 Å². The minimum atomic E-state index is -1.38. The van der Waals surface area contributed by atoms with Gasteiger partial charge in [-0.05, 0) is 31.2 Å². The zero-order chi connectivity index (χ0) is 17.9. The molecule has 0 saturated heterocycles. The van der Waals surface area contributed by atoms with Crippen LogP contribution in [0, 0.1) is 5.82 Å². The van der Waals surface area contributed by atoms with Crippen molar-refractivity contribution in [3.05, 3.63) is 66.2 Å². The maximum Gasteiger partial charge on any atom is 0.258 e. The average molecular weight is 343 g/mol. The van der Waals surface area contributed by atoms with Crippen LogP contribution in [0.2, 0.25) is 0 Å². The predicted molar refractivity (Wildman–Crippen MR) is 90.7 cm³/mol. The van der Waals surface area contributed by atoms with Gasteiger partial charge in [-0.2, -0.15) is 0 Å². The molecule has 3 aromatic rings. The van der Waals surface area contributed by atoms with E-state index in [2.05, 4.69) is 5.32 Å². The standard InChI is InChI=1S/C19H18FNO4/c1-19(23,17-10-13-6-2-4-8-15(13)25-17)12-21-18(22)11-24-16-9-5-3-7-14(16)20/h2-10,23H,11-12H2,1H3,(H,21,22)/t19-/m0/s1. The summed E-state index contributed by atoms with van der Waals surface area (Å²) < 4.78 is 24.2. The van der Waals surface area contributed by atoms with Crippen LogP contribution < -0.4 is 10.1 Å². The SMILES string of the molecule is C[C@](O)(CNC(=O)COc1ccccc1F)c1cc2ccccc2o1. The molecule has 1 heterocycles. The Bertz CT molecular complexity index is 855. The van der Waals surface area contributed by atoms with Crippen molar-refractivity contribution in [2.24, 2.45) is 0 Å². The van der Waals surface area contributed by atoms with Gasteiger partial charge in [0.25, 0.3) is 5.91 Å². The minimum Gasteiger partial charge on any atom is -0.481 e. The summed E-state index contributed by atoms with van der Waals surface area (Å²) in [7, 11) is 0. The summed E-state index contributed by atoms with van der Waals surface area (Å²) in [5.74, 6) is -0.657. The summed E-state index contributed by atoms with van der Waals surface area (Å²) in [6.07, 6.45) is 0. The van der Waals surface area contributed by atoms with Gasteiger partial charge >= 0.3 is 0 Å². The molecule has 130 valence electrons. The molecule has 2 N–H and O–H groups in total. The van der Waals surface area contributed by atoms with Crippen molar-refractivity contribution in [3.8, 4) is 5.75 Å². The Morgan fingerprint density at radius 3 is 2.72 bits per heavy atom. The first-order valence-electron chi connectivity index (χ1n) is 7.81. The van der Waals surface area contributed by atoms with Crippen LogP contribution in [0.5, 0.6) is 5.75 Å². The molecule has 1 aromatic heterocycles. The van der Waals surface area contributed by atoms with Crippen molar-refractivity contribution < 1.29 is 23.4 Å². The lowest BCUT2D eigenvalue weighted by Gasteiger charge is -2.21. The molecule has 5 nitrogen and oxygen atoms in total. The lowest BCUT2D eigenvalue weighted by atomic mass is 10.0. The zero-order valence-electron chi connectivity index (χ0n) is 13.7. The third kappa shape index (κ3) is 3.97. The molecule has 0 saturated carbocycles. The van der Waals surface area contributed by atoms with Crippen molar-refractivity contribution in [2.45, 2.75) is 12.5 Å². The Hall–Kier alpha value is -2.86.